The minimum Gasteiger partial charge on any atom is -0.377 e. The lowest BCUT2D eigenvalue weighted by Gasteiger charge is -2.09. The zero-order chi connectivity index (χ0) is 14.7. The summed E-state index contributed by atoms with van der Waals surface area (Å²) >= 11 is 13.8. The van der Waals surface area contributed by atoms with E-state index in [9.17, 15) is 0 Å². The maximum Gasteiger partial charge on any atom is 0.107 e. The fraction of sp³-hybridized carbons (Fsp3) is 0.400. The molecule has 1 saturated heterocycles. The van der Waals surface area contributed by atoms with Gasteiger partial charge in [-0.3, -0.25) is 0 Å². The van der Waals surface area contributed by atoms with Crippen molar-refractivity contribution < 1.29 is 4.74 Å². The van der Waals surface area contributed by atoms with Crippen LogP contribution in [0.25, 0.3) is 10.4 Å². The van der Waals surface area contributed by atoms with Gasteiger partial charge in [0.2, 0.25) is 0 Å². The Bertz CT molecular complexity index is 611. The van der Waals surface area contributed by atoms with Crippen molar-refractivity contribution in [1.29, 1.82) is 0 Å². The molecule has 112 valence electrons. The number of benzene rings is 1. The first-order valence-corrected chi connectivity index (χ1v) is 8.52. The molecule has 3 rings (SSSR count). The van der Waals surface area contributed by atoms with Crippen molar-refractivity contribution in [1.82, 2.24) is 10.3 Å². The smallest absolute Gasteiger partial charge is 0.107 e. The average Bonchev–Trinajstić information content (AvgIpc) is 3.10. The highest BCUT2D eigenvalue weighted by Crippen LogP contribution is 2.33. The van der Waals surface area contributed by atoms with Gasteiger partial charge in [0.05, 0.1) is 16.0 Å². The van der Waals surface area contributed by atoms with Crippen LogP contribution in [0.4, 0.5) is 0 Å². The van der Waals surface area contributed by atoms with Crippen LogP contribution in [0.2, 0.25) is 10.0 Å². The molecule has 0 spiro atoms. The molecule has 21 heavy (non-hydrogen) atoms. The summed E-state index contributed by atoms with van der Waals surface area (Å²) in [4.78, 5) is 5.50. The number of hydrogen-bond donors (Lipinski definition) is 1. The Morgan fingerprint density at radius 2 is 2.29 bits per heavy atom. The Hall–Kier alpha value is -0.650. The van der Waals surface area contributed by atoms with Crippen molar-refractivity contribution >= 4 is 34.5 Å². The molecule has 1 fully saturated rings. The molecule has 1 aromatic heterocycles. The second-order valence-corrected chi connectivity index (χ2v) is 6.97. The van der Waals surface area contributed by atoms with E-state index in [0.717, 1.165) is 41.6 Å². The average molecular weight is 343 g/mol. The highest BCUT2D eigenvalue weighted by molar-refractivity contribution is 7.15. The van der Waals surface area contributed by atoms with Gasteiger partial charge in [-0.15, -0.1) is 11.3 Å². The predicted molar refractivity (Wildman–Crippen MR) is 88.3 cm³/mol. The van der Waals surface area contributed by atoms with E-state index in [2.05, 4.69) is 10.3 Å². The Morgan fingerprint density at radius 1 is 1.38 bits per heavy atom. The molecular formula is C15H16Cl2N2OS. The summed E-state index contributed by atoms with van der Waals surface area (Å²) < 4.78 is 5.58. The van der Waals surface area contributed by atoms with Gasteiger partial charge >= 0.3 is 0 Å². The summed E-state index contributed by atoms with van der Waals surface area (Å²) in [5, 5.41) is 5.75. The molecule has 0 aliphatic carbocycles. The predicted octanol–water partition coefficient (Wildman–Crippen LogP) is 4.39. The van der Waals surface area contributed by atoms with E-state index in [4.69, 9.17) is 27.9 Å². The first-order chi connectivity index (χ1) is 10.2. The van der Waals surface area contributed by atoms with Crippen molar-refractivity contribution in [2.24, 2.45) is 0 Å². The van der Waals surface area contributed by atoms with Crippen LogP contribution in [0.1, 0.15) is 17.8 Å². The number of aromatic nitrogens is 1. The van der Waals surface area contributed by atoms with Crippen LogP contribution in [-0.2, 0) is 11.3 Å². The van der Waals surface area contributed by atoms with Gasteiger partial charge in [0.15, 0.2) is 0 Å². The van der Waals surface area contributed by atoms with Gasteiger partial charge in [-0.25, -0.2) is 4.98 Å². The third-order valence-electron chi connectivity index (χ3n) is 3.42. The molecule has 6 heteroatoms. The molecular weight excluding hydrogens is 327 g/mol. The van der Waals surface area contributed by atoms with Gasteiger partial charge in [0.25, 0.3) is 0 Å². The molecule has 0 saturated carbocycles. The number of hydrogen-bond acceptors (Lipinski definition) is 4. The van der Waals surface area contributed by atoms with Gasteiger partial charge in [0, 0.05) is 36.5 Å². The Kier molecular flexibility index (Phi) is 5.14. The van der Waals surface area contributed by atoms with Gasteiger partial charge in [-0.1, -0.05) is 29.3 Å². The Morgan fingerprint density at radius 3 is 3.05 bits per heavy atom. The van der Waals surface area contributed by atoms with Crippen molar-refractivity contribution in [3.63, 3.8) is 0 Å². The standard InChI is InChI=1S/C15H16Cl2N2OS/c16-10-3-4-12(13(17)6-10)14-8-19-15(21-14)9-18-7-11-2-1-5-20-11/h3-4,6,8,11,18H,1-2,5,7,9H2. The largest absolute Gasteiger partial charge is 0.377 e. The van der Waals surface area contributed by atoms with E-state index in [-0.39, 0.29) is 0 Å². The molecule has 1 atom stereocenters. The maximum atomic E-state index is 6.23. The van der Waals surface area contributed by atoms with Crippen LogP contribution in [-0.4, -0.2) is 24.2 Å². The minimum atomic E-state index is 0.357. The SMILES string of the molecule is Clc1ccc(-c2cnc(CNCC3CCCO3)s2)c(Cl)c1. The lowest BCUT2D eigenvalue weighted by atomic mass is 10.2. The molecule has 2 aromatic rings. The van der Waals surface area contributed by atoms with Crippen molar-refractivity contribution in [2.75, 3.05) is 13.2 Å². The number of nitrogens with one attached hydrogen (secondary N) is 1. The van der Waals surface area contributed by atoms with Crippen LogP contribution >= 0.6 is 34.5 Å². The topological polar surface area (TPSA) is 34.2 Å². The molecule has 1 aliphatic rings. The van der Waals surface area contributed by atoms with Crippen LogP contribution in [0.3, 0.4) is 0 Å². The van der Waals surface area contributed by atoms with Crippen LogP contribution in [0.5, 0.6) is 0 Å². The molecule has 0 radical (unpaired) electrons. The van der Waals surface area contributed by atoms with Crippen LogP contribution < -0.4 is 5.32 Å². The molecule has 1 aliphatic heterocycles. The second-order valence-electron chi connectivity index (χ2n) is 5.01. The van der Waals surface area contributed by atoms with E-state index in [0.29, 0.717) is 16.1 Å². The first-order valence-electron chi connectivity index (χ1n) is 6.95. The van der Waals surface area contributed by atoms with Crippen LogP contribution in [0, 0.1) is 0 Å². The molecule has 2 heterocycles. The lowest BCUT2D eigenvalue weighted by molar-refractivity contribution is 0.110. The number of rotatable bonds is 5. The number of ether oxygens (including phenoxy) is 1. The molecule has 1 aromatic carbocycles. The molecule has 0 amide bonds. The first kappa shape index (κ1) is 15.3. The van der Waals surface area contributed by atoms with Gasteiger partial charge < -0.3 is 10.1 Å². The van der Waals surface area contributed by atoms with Gasteiger partial charge in [0.1, 0.15) is 5.01 Å². The molecule has 0 bridgehead atoms. The number of nitrogens with zero attached hydrogens (tertiary/aromatic N) is 1. The number of thiazole rings is 1. The van der Waals surface area contributed by atoms with Crippen molar-refractivity contribution in [2.45, 2.75) is 25.5 Å². The van der Waals surface area contributed by atoms with Crippen molar-refractivity contribution in [3.8, 4) is 10.4 Å². The second kappa shape index (κ2) is 7.07. The van der Waals surface area contributed by atoms with Crippen molar-refractivity contribution in [3.05, 3.63) is 39.4 Å². The summed E-state index contributed by atoms with van der Waals surface area (Å²) in [6, 6.07) is 5.53. The summed E-state index contributed by atoms with van der Waals surface area (Å²) in [7, 11) is 0. The highest BCUT2D eigenvalue weighted by atomic mass is 35.5. The highest BCUT2D eigenvalue weighted by Gasteiger charge is 2.15. The van der Waals surface area contributed by atoms with E-state index in [1.165, 1.54) is 6.42 Å². The fourth-order valence-corrected chi connectivity index (χ4v) is 3.84. The zero-order valence-electron chi connectivity index (χ0n) is 11.4. The Balaban J connectivity index is 1.60. The van der Waals surface area contributed by atoms with E-state index < -0.39 is 0 Å². The van der Waals surface area contributed by atoms with E-state index in [1.54, 1.807) is 17.4 Å². The zero-order valence-corrected chi connectivity index (χ0v) is 13.8. The molecule has 1 unspecified atom stereocenters. The molecule has 1 N–H and O–H groups in total. The maximum absolute atomic E-state index is 6.23. The third kappa shape index (κ3) is 3.96. The lowest BCUT2D eigenvalue weighted by Crippen LogP contribution is -2.25. The van der Waals surface area contributed by atoms with E-state index >= 15 is 0 Å². The third-order valence-corrected chi connectivity index (χ3v) is 5.00. The quantitative estimate of drug-likeness (QED) is 0.875. The van der Waals surface area contributed by atoms with Crippen LogP contribution in [0.15, 0.2) is 24.4 Å². The van der Waals surface area contributed by atoms with Gasteiger partial charge in [-0.05, 0) is 25.0 Å². The minimum absolute atomic E-state index is 0.357. The number of halogens is 2. The van der Waals surface area contributed by atoms with E-state index in [1.807, 2.05) is 18.3 Å². The molecule has 3 nitrogen and oxygen atoms in total. The summed E-state index contributed by atoms with van der Waals surface area (Å²) in [6.45, 7) is 2.54. The van der Waals surface area contributed by atoms with Gasteiger partial charge in [-0.2, -0.15) is 0 Å². The summed E-state index contributed by atoms with van der Waals surface area (Å²) in [5.41, 5.74) is 0.976. The monoisotopic (exact) mass is 342 g/mol. The fourth-order valence-electron chi connectivity index (χ4n) is 2.35. The Labute approximate surface area is 138 Å². The summed E-state index contributed by atoms with van der Waals surface area (Å²) in [5.74, 6) is 0. The summed E-state index contributed by atoms with van der Waals surface area (Å²) in [6.07, 6.45) is 4.54. The normalized spacial score (nSPS) is 18.3.